The molecular weight excluding hydrogens is 324 g/mol. The van der Waals surface area contributed by atoms with Gasteiger partial charge in [0.1, 0.15) is 6.61 Å². The van der Waals surface area contributed by atoms with Crippen LogP contribution in [0, 0.1) is 0 Å². The van der Waals surface area contributed by atoms with Crippen LogP contribution in [-0.4, -0.2) is 34.0 Å². The number of anilines is 1. The highest BCUT2D eigenvalue weighted by Gasteiger charge is 2.11. The lowest BCUT2D eigenvalue weighted by Gasteiger charge is -1.98. The zero-order valence-electron chi connectivity index (χ0n) is 11.6. The quantitative estimate of drug-likeness (QED) is 0.692. The Morgan fingerprint density at radius 1 is 1.41 bits per heavy atom. The van der Waals surface area contributed by atoms with Crippen molar-refractivity contribution in [2.45, 2.75) is 10.9 Å². The summed E-state index contributed by atoms with van der Waals surface area (Å²) in [7, 11) is 1.52. The number of aromatic nitrogens is 3. The van der Waals surface area contributed by atoms with Crippen LogP contribution in [0.5, 0.6) is 0 Å². The molecule has 114 valence electrons. The first-order valence-electron chi connectivity index (χ1n) is 6.34. The minimum absolute atomic E-state index is 0.0712. The SMILES string of the molecule is COCc1nnc(NC(=O)CSc2nc3ccccc3s2)o1. The van der Waals surface area contributed by atoms with Crippen molar-refractivity contribution in [3.8, 4) is 0 Å². The van der Waals surface area contributed by atoms with Gasteiger partial charge in [0.15, 0.2) is 4.34 Å². The molecule has 0 unspecified atom stereocenters. The largest absolute Gasteiger partial charge is 0.405 e. The van der Waals surface area contributed by atoms with Gasteiger partial charge in [-0.3, -0.25) is 10.1 Å². The van der Waals surface area contributed by atoms with Crippen LogP contribution in [0.1, 0.15) is 5.89 Å². The normalized spacial score (nSPS) is 11.0. The molecule has 9 heteroatoms. The van der Waals surface area contributed by atoms with E-state index in [1.807, 2.05) is 24.3 Å². The highest BCUT2D eigenvalue weighted by atomic mass is 32.2. The maximum Gasteiger partial charge on any atom is 0.322 e. The fourth-order valence-corrected chi connectivity index (χ4v) is 3.55. The lowest BCUT2D eigenvalue weighted by Crippen LogP contribution is -2.14. The van der Waals surface area contributed by atoms with Gasteiger partial charge in [-0.15, -0.1) is 16.4 Å². The van der Waals surface area contributed by atoms with Crippen LogP contribution in [0.2, 0.25) is 0 Å². The minimum Gasteiger partial charge on any atom is -0.405 e. The molecule has 0 atom stereocenters. The third kappa shape index (κ3) is 3.62. The number of carbonyl (C=O) groups excluding carboxylic acids is 1. The van der Waals surface area contributed by atoms with Gasteiger partial charge < -0.3 is 9.15 Å². The molecule has 2 aromatic heterocycles. The average Bonchev–Trinajstić information content (AvgIpc) is 3.12. The summed E-state index contributed by atoms with van der Waals surface area (Å²) in [5.74, 6) is 0.315. The first-order chi connectivity index (χ1) is 10.7. The van der Waals surface area contributed by atoms with E-state index in [-0.39, 0.29) is 24.3 Å². The van der Waals surface area contributed by atoms with E-state index in [9.17, 15) is 4.79 Å². The molecular formula is C13H12N4O3S2. The molecule has 1 N–H and O–H groups in total. The fraction of sp³-hybridized carbons (Fsp3) is 0.231. The molecule has 0 saturated carbocycles. The summed E-state index contributed by atoms with van der Waals surface area (Å²) < 4.78 is 12.0. The Hall–Kier alpha value is -1.97. The maximum atomic E-state index is 11.9. The van der Waals surface area contributed by atoms with Crippen molar-refractivity contribution < 1.29 is 13.9 Å². The molecule has 0 aliphatic carbocycles. The Morgan fingerprint density at radius 3 is 3.09 bits per heavy atom. The number of ether oxygens (including phenoxy) is 1. The Kier molecular flexibility index (Phi) is 4.66. The molecule has 0 bridgehead atoms. The van der Waals surface area contributed by atoms with Gasteiger partial charge in [0.2, 0.25) is 11.8 Å². The number of carbonyl (C=O) groups is 1. The lowest BCUT2D eigenvalue weighted by atomic mass is 10.3. The molecule has 1 aromatic carbocycles. The van der Waals surface area contributed by atoms with Crippen LogP contribution >= 0.6 is 23.1 Å². The van der Waals surface area contributed by atoms with Crippen LogP contribution in [0.3, 0.4) is 0 Å². The highest BCUT2D eigenvalue weighted by molar-refractivity contribution is 8.01. The number of amides is 1. The summed E-state index contributed by atoms with van der Waals surface area (Å²) in [6, 6.07) is 7.94. The monoisotopic (exact) mass is 336 g/mol. The number of thioether (sulfide) groups is 1. The van der Waals surface area contributed by atoms with E-state index in [4.69, 9.17) is 9.15 Å². The van der Waals surface area contributed by atoms with Crippen LogP contribution < -0.4 is 5.32 Å². The van der Waals surface area contributed by atoms with Gasteiger partial charge in [0, 0.05) is 7.11 Å². The number of hydrogen-bond donors (Lipinski definition) is 1. The topological polar surface area (TPSA) is 90.1 Å². The molecule has 0 aliphatic heterocycles. The summed E-state index contributed by atoms with van der Waals surface area (Å²) in [5, 5.41) is 9.99. The molecule has 0 aliphatic rings. The van der Waals surface area contributed by atoms with Crippen molar-refractivity contribution in [2.24, 2.45) is 0 Å². The van der Waals surface area contributed by atoms with Gasteiger partial charge >= 0.3 is 6.01 Å². The van der Waals surface area contributed by atoms with Gasteiger partial charge in [0.05, 0.1) is 16.0 Å². The molecule has 1 amide bonds. The van der Waals surface area contributed by atoms with Gasteiger partial charge in [-0.25, -0.2) is 4.98 Å². The van der Waals surface area contributed by atoms with E-state index < -0.39 is 0 Å². The highest BCUT2D eigenvalue weighted by Crippen LogP contribution is 2.29. The van der Waals surface area contributed by atoms with E-state index in [2.05, 4.69) is 20.5 Å². The molecule has 0 radical (unpaired) electrons. The van der Waals surface area contributed by atoms with Crippen LogP contribution in [-0.2, 0) is 16.1 Å². The number of hydrogen-bond acceptors (Lipinski definition) is 8. The average molecular weight is 336 g/mol. The number of para-hydroxylation sites is 1. The summed E-state index contributed by atoms with van der Waals surface area (Å²) in [5.41, 5.74) is 0.941. The minimum atomic E-state index is -0.225. The second kappa shape index (κ2) is 6.86. The van der Waals surface area contributed by atoms with E-state index in [0.717, 1.165) is 14.6 Å². The Balaban J connectivity index is 1.55. The van der Waals surface area contributed by atoms with E-state index in [0.29, 0.717) is 5.89 Å². The van der Waals surface area contributed by atoms with E-state index in [1.165, 1.54) is 18.9 Å². The number of methoxy groups -OCH3 is 1. The molecule has 2 heterocycles. The predicted octanol–water partition coefficient (Wildman–Crippen LogP) is 2.56. The first-order valence-corrected chi connectivity index (χ1v) is 8.14. The molecule has 0 spiro atoms. The van der Waals surface area contributed by atoms with Crippen LogP contribution in [0.25, 0.3) is 10.2 Å². The zero-order chi connectivity index (χ0) is 15.4. The predicted molar refractivity (Wildman–Crippen MR) is 84.0 cm³/mol. The fourth-order valence-electron chi connectivity index (χ4n) is 1.68. The second-order valence-corrected chi connectivity index (χ2v) is 6.47. The first kappa shape index (κ1) is 14.9. The molecule has 3 aromatic rings. The zero-order valence-corrected chi connectivity index (χ0v) is 13.2. The number of benzene rings is 1. The Bertz CT molecular complexity index is 753. The number of nitrogens with zero attached hydrogens (tertiary/aromatic N) is 3. The lowest BCUT2D eigenvalue weighted by molar-refractivity contribution is -0.113. The van der Waals surface area contributed by atoms with Gasteiger partial charge in [0.25, 0.3) is 0 Å². The summed E-state index contributed by atoms with van der Waals surface area (Å²) in [6.07, 6.45) is 0. The van der Waals surface area contributed by atoms with Crippen LogP contribution in [0.4, 0.5) is 6.01 Å². The summed E-state index contributed by atoms with van der Waals surface area (Å²) >= 11 is 2.93. The summed E-state index contributed by atoms with van der Waals surface area (Å²) in [6.45, 7) is 0.212. The van der Waals surface area contributed by atoms with Crippen molar-refractivity contribution in [1.29, 1.82) is 0 Å². The molecule has 0 saturated heterocycles. The molecule has 7 nitrogen and oxygen atoms in total. The van der Waals surface area contributed by atoms with E-state index in [1.54, 1.807) is 11.3 Å². The van der Waals surface area contributed by atoms with Crippen molar-refractivity contribution >= 4 is 45.2 Å². The van der Waals surface area contributed by atoms with Crippen molar-refractivity contribution in [2.75, 3.05) is 18.2 Å². The Morgan fingerprint density at radius 2 is 2.27 bits per heavy atom. The third-order valence-corrected chi connectivity index (χ3v) is 4.76. The maximum absolute atomic E-state index is 11.9. The second-order valence-electron chi connectivity index (χ2n) is 4.22. The van der Waals surface area contributed by atoms with Crippen molar-refractivity contribution in [1.82, 2.24) is 15.2 Å². The van der Waals surface area contributed by atoms with Gasteiger partial charge in [-0.2, -0.15) is 0 Å². The Labute approximate surface area is 134 Å². The van der Waals surface area contributed by atoms with Gasteiger partial charge in [-0.1, -0.05) is 29.0 Å². The van der Waals surface area contributed by atoms with Crippen molar-refractivity contribution in [3.05, 3.63) is 30.2 Å². The van der Waals surface area contributed by atoms with E-state index >= 15 is 0 Å². The third-order valence-electron chi connectivity index (χ3n) is 2.58. The number of thiazole rings is 1. The number of fused-ring (bicyclic) bond motifs is 1. The standard InChI is InChI=1S/C13H12N4O3S2/c1-19-6-11-16-17-12(20-11)15-10(18)7-21-13-14-8-4-2-3-5-9(8)22-13/h2-5H,6-7H2,1H3,(H,15,17,18). The molecule has 3 rings (SSSR count). The summed E-state index contributed by atoms with van der Waals surface area (Å²) in [4.78, 5) is 16.3. The van der Waals surface area contributed by atoms with Gasteiger partial charge in [-0.05, 0) is 12.1 Å². The number of rotatable bonds is 6. The molecule has 0 fully saturated rings. The molecule has 22 heavy (non-hydrogen) atoms. The number of nitrogens with one attached hydrogen (secondary N) is 1. The van der Waals surface area contributed by atoms with Crippen molar-refractivity contribution in [3.63, 3.8) is 0 Å². The van der Waals surface area contributed by atoms with Crippen LogP contribution in [0.15, 0.2) is 33.0 Å². The smallest absolute Gasteiger partial charge is 0.322 e.